The van der Waals surface area contributed by atoms with Crippen molar-refractivity contribution < 1.29 is 13.2 Å². The molecule has 2 unspecified atom stereocenters. The van der Waals surface area contributed by atoms with E-state index in [0.717, 1.165) is 17.8 Å². The van der Waals surface area contributed by atoms with E-state index >= 15 is 0 Å². The quantitative estimate of drug-likeness (QED) is 0.889. The molecule has 2 atom stereocenters. The van der Waals surface area contributed by atoms with Crippen LogP contribution in [0.15, 0.2) is 6.20 Å². The smallest absolute Gasteiger partial charge is 0.347 e. The zero-order valence-corrected chi connectivity index (χ0v) is 13.2. The van der Waals surface area contributed by atoms with Gasteiger partial charge in [0.1, 0.15) is 0 Å². The van der Waals surface area contributed by atoms with Gasteiger partial charge in [0, 0.05) is 30.2 Å². The van der Waals surface area contributed by atoms with Crippen LogP contribution >= 0.6 is 11.3 Å². The second-order valence-corrected chi connectivity index (χ2v) is 6.59. The van der Waals surface area contributed by atoms with E-state index in [1.165, 1.54) is 11.3 Å². The molecule has 7 heteroatoms. The van der Waals surface area contributed by atoms with Gasteiger partial charge in [-0.15, -0.1) is 11.3 Å². The summed E-state index contributed by atoms with van der Waals surface area (Å²) < 4.78 is 38.5. The van der Waals surface area contributed by atoms with Gasteiger partial charge < -0.3 is 10.2 Å². The summed E-state index contributed by atoms with van der Waals surface area (Å²) in [6, 6.07) is 0.194. The minimum atomic E-state index is -4.10. The molecule has 1 aromatic heterocycles. The van der Waals surface area contributed by atoms with E-state index in [0.29, 0.717) is 18.1 Å². The van der Waals surface area contributed by atoms with Gasteiger partial charge >= 0.3 is 6.18 Å². The first kappa shape index (κ1) is 16.5. The molecular weight excluding hydrogens is 299 g/mol. The third kappa shape index (κ3) is 4.32. The Morgan fingerprint density at radius 2 is 2.29 bits per heavy atom. The van der Waals surface area contributed by atoms with Gasteiger partial charge in [-0.3, -0.25) is 0 Å². The lowest BCUT2D eigenvalue weighted by Crippen LogP contribution is -2.41. The summed E-state index contributed by atoms with van der Waals surface area (Å²) in [5.41, 5.74) is 0. The van der Waals surface area contributed by atoms with Crippen LogP contribution in [0, 0.1) is 5.92 Å². The highest BCUT2D eigenvalue weighted by Gasteiger charge is 2.42. The topological polar surface area (TPSA) is 28.2 Å². The van der Waals surface area contributed by atoms with Crippen LogP contribution in [0.2, 0.25) is 0 Å². The standard InChI is InChI=1S/C14H22F3N3S/c1-3-6-18-10(2)12-8-19-13(21-12)20-7-4-5-11(9-20)14(15,16)17/h8,10-11,18H,3-7,9H2,1-2H3. The van der Waals surface area contributed by atoms with E-state index in [2.05, 4.69) is 24.1 Å². The number of hydrogen-bond acceptors (Lipinski definition) is 4. The zero-order chi connectivity index (χ0) is 15.5. The molecule has 0 aliphatic carbocycles. The van der Waals surface area contributed by atoms with E-state index in [4.69, 9.17) is 0 Å². The highest BCUT2D eigenvalue weighted by molar-refractivity contribution is 7.15. The lowest BCUT2D eigenvalue weighted by Gasteiger charge is -2.33. The number of piperidine rings is 1. The maximum atomic E-state index is 12.8. The van der Waals surface area contributed by atoms with Gasteiger partial charge in [0.05, 0.1) is 5.92 Å². The molecule has 0 spiro atoms. The van der Waals surface area contributed by atoms with Crippen LogP contribution in [0.3, 0.4) is 0 Å². The lowest BCUT2D eigenvalue weighted by atomic mass is 9.98. The Labute approximate surface area is 127 Å². The van der Waals surface area contributed by atoms with Crippen LogP contribution in [0.1, 0.15) is 44.0 Å². The Balaban J connectivity index is 2.00. The minimum Gasteiger partial charge on any atom is -0.347 e. The molecule has 1 N–H and O–H groups in total. The summed E-state index contributed by atoms with van der Waals surface area (Å²) in [5, 5.41) is 4.08. The second kappa shape index (κ2) is 6.96. The van der Waals surface area contributed by atoms with Crippen LogP contribution in [-0.2, 0) is 0 Å². The van der Waals surface area contributed by atoms with Crippen LogP contribution in [0.25, 0.3) is 0 Å². The van der Waals surface area contributed by atoms with Crippen molar-refractivity contribution in [2.24, 2.45) is 5.92 Å². The highest BCUT2D eigenvalue weighted by Crippen LogP contribution is 2.36. The van der Waals surface area contributed by atoms with Crippen molar-refractivity contribution in [2.75, 3.05) is 24.5 Å². The van der Waals surface area contributed by atoms with Crippen molar-refractivity contribution in [1.29, 1.82) is 0 Å². The van der Waals surface area contributed by atoms with Crippen molar-refractivity contribution in [3.8, 4) is 0 Å². The summed E-state index contributed by atoms with van der Waals surface area (Å²) >= 11 is 1.50. The molecule has 1 aromatic rings. The number of thiazole rings is 1. The largest absolute Gasteiger partial charge is 0.393 e. The van der Waals surface area contributed by atoms with Crippen LogP contribution < -0.4 is 10.2 Å². The molecule has 1 aliphatic heterocycles. The van der Waals surface area contributed by atoms with E-state index in [-0.39, 0.29) is 19.0 Å². The first-order valence-corrected chi connectivity index (χ1v) is 8.24. The molecule has 0 aromatic carbocycles. The fraction of sp³-hybridized carbons (Fsp3) is 0.786. The van der Waals surface area contributed by atoms with Crippen molar-refractivity contribution >= 4 is 16.5 Å². The normalized spacial score (nSPS) is 21.6. The van der Waals surface area contributed by atoms with Crippen LogP contribution in [0.4, 0.5) is 18.3 Å². The molecule has 0 bridgehead atoms. The molecule has 2 heterocycles. The SMILES string of the molecule is CCCNC(C)c1cnc(N2CCCC(C(F)(F)F)C2)s1. The van der Waals surface area contributed by atoms with Gasteiger partial charge in [0.25, 0.3) is 0 Å². The minimum absolute atomic E-state index is 0.0349. The Hall–Kier alpha value is -0.820. The molecule has 3 nitrogen and oxygen atoms in total. The maximum absolute atomic E-state index is 12.8. The summed E-state index contributed by atoms with van der Waals surface area (Å²) in [7, 11) is 0. The fourth-order valence-electron chi connectivity index (χ4n) is 2.50. The Morgan fingerprint density at radius 1 is 1.52 bits per heavy atom. The van der Waals surface area contributed by atoms with Gasteiger partial charge in [-0.2, -0.15) is 13.2 Å². The number of nitrogens with one attached hydrogen (secondary N) is 1. The Morgan fingerprint density at radius 3 is 2.95 bits per heavy atom. The van der Waals surface area contributed by atoms with Crippen molar-refractivity contribution in [3.63, 3.8) is 0 Å². The molecule has 2 rings (SSSR count). The van der Waals surface area contributed by atoms with Gasteiger partial charge in [0.2, 0.25) is 0 Å². The molecule has 1 fully saturated rings. The van der Waals surface area contributed by atoms with Gasteiger partial charge in [-0.25, -0.2) is 4.98 Å². The molecule has 120 valence electrons. The zero-order valence-electron chi connectivity index (χ0n) is 12.4. The number of anilines is 1. The number of halogens is 3. The summed E-state index contributed by atoms with van der Waals surface area (Å²) in [6.45, 7) is 5.78. The summed E-state index contributed by atoms with van der Waals surface area (Å²) in [6.07, 6.45) is -0.468. The Kier molecular flexibility index (Phi) is 5.48. The van der Waals surface area contributed by atoms with Gasteiger partial charge in [-0.1, -0.05) is 6.92 Å². The highest BCUT2D eigenvalue weighted by atomic mass is 32.1. The summed E-state index contributed by atoms with van der Waals surface area (Å²) in [5.74, 6) is -1.23. The molecular formula is C14H22F3N3S. The van der Waals surface area contributed by atoms with Gasteiger partial charge in [0.15, 0.2) is 5.13 Å². The average Bonchev–Trinajstić information content (AvgIpc) is 2.94. The lowest BCUT2D eigenvalue weighted by molar-refractivity contribution is -0.175. The summed E-state index contributed by atoms with van der Waals surface area (Å²) in [4.78, 5) is 7.18. The molecule has 1 aliphatic rings. The second-order valence-electron chi connectivity index (χ2n) is 5.55. The fourth-order valence-corrected chi connectivity index (χ4v) is 3.48. The number of rotatable bonds is 5. The van der Waals surface area contributed by atoms with E-state index < -0.39 is 12.1 Å². The number of hydrogen-bond donors (Lipinski definition) is 1. The van der Waals surface area contributed by atoms with Crippen LogP contribution in [-0.4, -0.2) is 30.8 Å². The third-order valence-corrected chi connectivity index (χ3v) is 5.03. The molecule has 0 radical (unpaired) electrons. The van der Waals surface area contributed by atoms with Gasteiger partial charge in [-0.05, 0) is 32.7 Å². The maximum Gasteiger partial charge on any atom is 0.393 e. The van der Waals surface area contributed by atoms with E-state index in [9.17, 15) is 13.2 Å². The average molecular weight is 321 g/mol. The number of aromatic nitrogens is 1. The molecule has 1 saturated heterocycles. The Bertz CT molecular complexity index is 447. The molecule has 21 heavy (non-hydrogen) atoms. The number of alkyl halides is 3. The van der Waals surface area contributed by atoms with Crippen molar-refractivity contribution in [3.05, 3.63) is 11.1 Å². The van der Waals surface area contributed by atoms with E-state index in [1.807, 2.05) is 0 Å². The third-order valence-electron chi connectivity index (χ3n) is 3.79. The van der Waals surface area contributed by atoms with E-state index in [1.54, 1.807) is 11.1 Å². The van der Waals surface area contributed by atoms with Crippen molar-refractivity contribution in [2.45, 2.75) is 45.3 Å². The van der Waals surface area contributed by atoms with Crippen LogP contribution in [0.5, 0.6) is 0 Å². The van der Waals surface area contributed by atoms with Crippen molar-refractivity contribution in [1.82, 2.24) is 10.3 Å². The molecule has 0 amide bonds. The number of nitrogens with zero attached hydrogens (tertiary/aromatic N) is 2. The predicted molar refractivity (Wildman–Crippen MR) is 79.8 cm³/mol. The first-order chi connectivity index (χ1) is 9.91. The molecule has 0 saturated carbocycles. The monoisotopic (exact) mass is 321 g/mol. The predicted octanol–water partition coefficient (Wildman–Crippen LogP) is 3.98. The first-order valence-electron chi connectivity index (χ1n) is 7.42.